The van der Waals surface area contributed by atoms with Crippen molar-refractivity contribution in [1.29, 1.82) is 0 Å². The van der Waals surface area contributed by atoms with Gasteiger partial charge in [0.25, 0.3) is 0 Å². The Bertz CT molecular complexity index is 209. The second kappa shape index (κ2) is 8.89. The van der Waals surface area contributed by atoms with Gasteiger partial charge in [-0.25, -0.2) is 0 Å². The summed E-state index contributed by atoms with van der Waals surface area (Å²) in [5, 5.41) is 0. The average Bonchev–Trinajstić information content (AvgIpc) is 2.35. The molecule has 0 aromatic rings. The normalized spacial score (nSPS) is 28.8. The largest absolute Gasteiger partial charge is 0.376 e. The Labute approximate surface area is 112 Å². The van der Waals surface area contributed by atoms with E-state index in [1.54, 1.807) is 0 Å². The minimum Gasteiger partial charge on any atom is -0.376 e. The first-order valence-corrected chi connectivity index (χ1v) is 7.60. The highest BCUT2D eigenvalue weighted by molar-refractivity contribution is 4.81. The molecule has 108 valence electrons. The number of hydrogen-bond donors (Lipinski definition) is 1. The van der Waals surface area contributed by atoms with Gasteiger partial charge in [-0.2, -0.15) is 0 Å². The van der Waals surface area contributed by atoms with Crippen molar-refractivity contribution in [2.75, 3.05) is 19.8 Å². The maximum atomic E-state index is 6.01. The van der Waals surface area contributed by atoms with Crippen molar-refractivity contribution in [2.24, 2.45) is 17.6 Å². The topological polar surface area (TPSA) is 44.5 Å². The van der Waals surface area contributed by atoms with Crippen LogP contribution >= 0.6 is 0 Å². The molecule has 0 spiro atoms. The summed E-state index contributed by atoms with van der Waals surface area (Å²) in [5.41, 5.74) is 5.85. The van der Waals surface area contributed by atoms with Crippen molar-refractivity contribution in [3.8, 4) is 0 Å². The molecule has 1 fully saturated rings. The first-order valence-electron chi connectivity index (χ1n) is 7.60. The van der Waals surface area contributed by atoms with Crippen LogP contribution in [0.4, 0.5) is 0 Å². The van der Waals surface area contributed by atoms with E-state index in [-0.39, 0.29) is 6.10 Å². The molecule has 0 aromatic carbocycles. The van der Waals surface area contributed by atoms with Gasteiger partial charge >= 0.3 is 0 Å². The van der Waals surface area contributed by atoms with Crippen LogP contribution in [-0.2, 0) is 9.47 Å². The molecule has 1 saturated carbocycles. The van der Waals surface area contributed by atoms with Crippen molar-refractivity contribution in [3.05, 3.63) is 0 Å². The van der Waals surface area contributed by atoms with Gasteiger partial charge in [0.1, 0.15) is 0 Å². The van der Waals surface area contributed by atoms with E-state index >= 15 is 0 Å². The number of hydrogen-bond acceptors (Lipinski definition) is 3. The quantitative estimate of drug-likeness (QED) is 0.680. The standard InChI is InChI=1S/C15H31NO2/c1-4-5-13-6-7-14(11-16)15(10-13)18-9-8-17-12(2)3/h12-15H,4-11,16H2,1-3H3. The molecule has 1 aliphatic rings. The lowest BCUT2D eigenvalue weighted by molar-refractivity contribution is -0.0553. The third-order valence-electron chi connectivity index (χ3n) is 3.90. The minimum atomic E-state index is 0.290. The SMILES string of the molecule is CCCC1CCC(CN)C(OCCOC(C)C)C1. The summed E-state index contributed by atoms with van der Waals surface area (Å²) in [6.07, 6.45) is 7.02. The van der Waals surface area contributed by atoms with E-state index in [1.165, 1.54) is 32.1 Å². The van der Waals surface area contributed by atoms with Gasteiger partial charge < -0.3 is 15.2 Å². The third-order valence-corrected chi connectivity index (χ3v) is 3.90. The molecule has 2 N–H and O–H groups in total. The van der Waals surface area contributed by atoms with E-state index in [1.807, 2.05) is 0 Å². The average molecular weight is 257 g/mol. The van der Waals surface area contributed by atoms with Crippen LogP contribution in [0.1, 0.15) is 52.9 Å². The Morgan fingerprint density at radius 2 is 2.00 bits per heavy atom. The second-order valence-electron chi connectivity index (χ2n) is 5.79. The van der Waals surface area contributed by atoms with Crippen LogP contribution in [0.3, 0.4) is 0 Å². The Morgan fingerprint density at radius 3 is 2.61 bits per heavy atom. The molecule has 1 aliphatic carbocycles. The maximum Gasteiger partial charge on any atom is 0.0704 e. The van der Waals surface area contributed by atoms with E-state index in [4.69, 9.17) is 15.2 Å². The van der Waals surface area contributed by atoms with Gasteiger partial charge in [0, 0.05) is 0 Å². The van der Waals surface area contributed by atoms with Crippen LogP contribution in [0.2, 0.25) is 0 Å². The van der Waals surface area contributed by atoms with Gasteiger partial charge in [-0.1, -0.05) is 19.8 Å². The molecular weight excluding hydrogens is 226 g/mol. The smallest absolute Gasteiger partial charge is 0.0704 e. The Hall–Kier alpha value is -0.120. The fourth-order valence-electron chi connectivity index (χ4n) is 2.90. The molecule has 0 bridgehead atoms. The molecule has 3 unspecified atom stereocenters. The predicted octanol–water partition coefficient (Wildman–Crippen LogP) is 2.97. The lowest BCUT2D eigenvalue weighted by Gasteiger charge is -2.35. The van der Waals surface area contributed by atoms with Crippen molar-refractivity contribution in [2.45, 2.75) is 65.1 Å². The Morgan fingerprint density at radius 1 is 1.22 bits per heavy atom. The number of ether oxygens (including phenoxy) is 2. The van der Waals surface area contributed by atoms with Crippen molar-refractivity contribution in [3.63, 3.8) is 0 Å². The van der Waals surface area contributed by atoms with E-state index in [9.17, 15) is 0 Å². The van der Waals surface area contributed by atoms with Crippen molar-refractivity contribution < 1.29 is 9.47 Å². The van der Waals surface area contributed by atoms with E-state index in [0.29, 0.717) is 25.2 Å². The highest BCUT2D eigenvalue weighted by atomic mass is 16.5. The van der Waals surface area contributed by atoms with Crippen molar-refractivity contribution >= 4 is 0 Å². The van der Waals surface area contributed by atoms with Crippen LogP contribution < -0.4 is 5.73 Å². The molecule has 0 aromatic heterocycles. The summed E-state index contributed by atoms with van der Waals surface area (Å²) < 4.78 is 11.5. The molecule has 0 aliphatic heterocycles. The summed E-state index contributed by atoms with van der Waals surface area (Å²) in [6, 6.07) is 0. The number of nitrogens with two attached hydrogens (primary N) is 1. The fourth-order valence-corrected chi connectivity index (χ4v) is 2.90. The monoisotopic (exact) mass is 257 g/mol. The molecule has 1 rings (SSSR count). The van der Waals surface area contributed by atoms with E-state index < -0.39 is 0 Å². The van der Waals surface area contributed by atoms with Gasteiger partial charge in [-0.15, -0.1) is 0 Å². The van der Waals surface area contributed by atoms with Crippen LogP contribution in [0.25, 0.3) is 0 Å². The highest BCUT2D eigenvalue weighted by Gasteiger charge is 2.29. The van der Waals surface area contributed by atoms with Gasteiger partial charge in [0.15, 0.2) is 0 Å². The minimum absolute atomic E-state index is 0.290. The third kappa shape index (κ3) is 5.68. The Balaban J connectivity index is 2.28. The zero-order chi connectivity index (χ0) is 13.4. The molecular formula is C15H31NO2. The first-order chi connectivity index (χ1) is 8.67. The van der Waals surface area contributed by atoms with Gasteiger partial charge in [-0.3, -0.25) is 0 Å². The summed E-state index contributed by atoms with van der Waals surface area (Å²) in [4.78, 5) is 0. The summed E-state index contributed by atoms with van der Waals surface area (Å²) in [6.45, 7) is 8.54. The van der Waals surface area contributed by atoms with Crippen LogP contribution in [0, 0.1) is 11.8 Å². The van der Waals surface area contributed by atoms with Gasteiger partial charge in [-0.05, 0) is 51.5 Å². The summed E-state index contributed by atoms with van der Waals surface area (Å²) in [7, 11) is 0. The number of rotatable bonds is 8. The Kier molecular flexibility index (Phi) is 7.87. The maximum absolute atomic E-state index is 6.01. The lowest BCUT2D eigenvalue weighted by atomic mass is 9.78. The molecule has 0 heterocycles. The molecule has 18 heavy (non-hydrogen) atoms. The van der Waals surface area contributed by atoms with Gasteiger partial charge in [0.05, 0.1) is 25.4 Å². The van der Waals surface area contributed by atoms with Crippen LogP contribution in [0.5, 0.6) is 0 Å². The molecule has 0 amide bonds. The molecule has 0 radical (unpaired) electrons. The molecule has 3 heteroatoms. The molecule has 3 atom stereocenters. The zero-order valence-corrected chi connectivity index (χ0v) is 12.4. The predicted molar refractivity (Wildman–Crippen MR) is 75.6 cm³/mol. The summed E-state index contributed by atoms with van der Waals surface area (Å²) in [5.74, 6) is 1.39. The summed E-state index contributed by atoms with van der Waals surface area (Å²) >= 11 is 0. The van der Waals surface area contributed by atoms with E-state index in [0.717, 1.165) is 12.5 Å². The van der Waals surface area contributed by atoms with E-state index in [2.05, 4.69) is 20.8 Å². The highest BCUT2D eigenvalue weighted by Crippen LogP contribution is 2.33. The first kappa shape index (κ1) is 15.9. The van der Waals surface area contributed by atoms with Crippen LogP contribution in [-0.4, -0.2) is 32.0 Å². The molecule has 0 saturated heterocycles. The molecule has 3 nitrogen and oxygen atoms in total. The second-order valence-corrected chi connectivity index (χ2v) is 5.79. The van der Waals surface area contributed by atoms with Crippen molar-refractivity contribution in [1.82, 2.24) is 0 Å². The zero-order valence-electron chi connectivity index (χ0n) is 12.4. The lowest BCUT2D eigenvalue weighted by Crippen LogP contribution is -2.37. The van der Waals surface area contributed by atoms with Gasteiger partial charge in [0.2, 0.25) is 0 Å². The fraction of sp³-hybridized carbons (Fsp3) is 1.00. The van der Waals surface area contributed by atoms with Crippen LogP contribution in [0.15, 0.2) is 0 Å².